The van der Waals surface area contributed by atoms with Gasteiger partial charge in [-0.1, -0.05) is 48.0 Å². The van der Waals surface area contributed by atoms with Gasteiger partial charge in [0, 0.05) is 12.8 Å². The average Bonchev–Trinajstić information content (AvgIpc) is 2.77. The lowest BCUT2D eigenvalue weighted by atomic mass is 10.00. The number of rotatable bonds is 3. The first kappa shape index (κ1) is 12.4. The largest absolute Gasteiger partial charge is 0.247 e. The van der Waals surface area contributed by atoms with Crippen molar-refractivity contribution < 1.29 is 4.39 Å². The van der Waals surface area contributed by atoms with Crippen molar-refractivity contribution in [3.8, 4) is 0 Å². The van der Waals surface area contributed by atoms with E-state index < -0.39 is 6.17 Å². The van der Waals surface area contributed by atoms with E-state index in [4.69, 9.17) is 0 Å². The van der Waals surface area contributed by atoms with E-state index in [0.29, 0.717) is 12.8 Å². The lowest BCUT2D eigenvalue weighted by Gasteiger charge is -2.05. The maximum atomic E-state index is 13.3. The van der Waals surface area contributed by atoms with Crippen LogP contribution in [0.1, 0.15) is 27.8 Å². The van der Waals surface area contributed by atoms with Crippen LogP contribution in [0, 0.1) is 6.92 Å². The highest BCUT2D eigenvalue weighted by Crippen LogP contribution is 2.25. The minimum atomic E-state index is -0.664. The van der Waals surface area contributed by atoms with E-state index in [2.05, 4.69) is 49.4 Å². The monoisotopic (exact) mass is 254 g/mol. The molecular formula is C18H19F. The molecule has 2 aromatic carbocycles. The van der Waals surface area contributed by atoms with Crippen molar-refractivity contribution in [3.63, 3.8) is 0 Å². The van der Waals surface area contributed by atoms with Gasteiger partial charge in [-0.25, -0.2) is 4.39 Å². The molecule has 0 aromatic heterocycles. The van der Waals surface area contributed by atoms with Gasteiger partial charge in [-0.3, -0.25) is 0 Å². The van der Waals surface area contributed by atoms with Crippen LogP contribution in [-0.4, -0.2) is 6.17 Å². The van der Waals surface area contributed by atoms with Gasteiger partial charge in [-0.05, 0) is 42.0 Å². The summed E-state index contributed by atoms with van der Waals surface area (Å²) in [5.41, 5.74) is 6.42. The van der Waals surface area contributed by atoms with Crippen LogP contribution >= 0.6 is 0 Å². The molecule has 1 aliphatic rings. The highest BCUT2D eigenvalue weighted by molar-refractivity contribution is 5.37. The highest BCUT2D eigenvalue weighted by atomic mass is 19.1. The van der Waals surface area contributed by atoms with Gasteiger partial charge in [-0.15, -0.1) is 0 Å². The molecule has 1 atom stereocenters. The van der Waals surface area contributed by atoms with Crippen LogP contribution < -0.4 is 0 Å². The summed E-state index contributed by atoms with van der Waals surface area (Å²) in [5.74, 6) is 0. The van der Waals surface area contributed by atoms with Crippen molar-refractivity contribution in [1.82, 2.24) is 0 Å². The molecule has 0 N–H and O–H groups in total. The molecule has 0 radical (unpaired) electrons. The van der Waals surface area contributed by atoms with E-state index in [9.17, 15) is 4.39 Å². The van der Waals surface area contributed by atoms with Gasteiger partial charge in [0.05, 0.1) is 0 Å². The summed E-state index contributed by atoms with van der Waals surface area (Å²) < 4.78 is 13.3. The van der Waals surface area contributed by atoms with E-state index in [1.54, 1.807) is 0 Å². The third-order valence-corrected chi connectivity index (χ3v) is 3.98. The minimum absolute atomic E-state index is 0.605. The van der Waals surface area contributed by atoms with Gasteiger partial charge in [-0.2, -0.15) is 0 Å². The maximum Gasteiger partial charge on any atom is 0.108 e. The number of hydrogen-bond donors (Lipinski definition) is 0. The summed E-state index contributed by atoms with van der Waals surface area (Å²) in [4.78, 5) is 0. The van der Waals surface area contributed by atoms with Crippen molar-refractivity contribution >= 4 is 0 Å². The third-order valence-electron chi connectivity index (χ3n) is 3.98. The molecule has 0 aliphatic heterocycles. The molecule has 0 heterocycles. The maximum absolute atomic E-state index is 13.3. The Kier molecular flexibility index (Phi) is 3.37. The summed E-state index contributed by atoms with van der Waals surface area (Å²) >= 11 is 0. The first-order chi connectivity index (χ1) is 9.20. The molecule has 1 unspecified atom stereocenters. The third kappa shape index (κ3) is 2.86. The van der Waals surface area contributed by atoms with E-state index in [0.717, 1.165) is 12.8 Å². The predicted molar refractivity (Wildman–Crippen MR) is 77.3 cm³/mol. The molecular weight excluding hydrogens is 235 g/mol. The molecule has 0 amide bonds. The SMILES string of the molecule is Cc1ccc(CCc2ccc3c(c2)CC(F)C3)cc1. The topological polar surface area (TPSA) is 0 Å². The first-order valence-electron chi connectivity index (χ1n) is 7.01. The second-order valence-electron chi connectivity index (χ2n) is 5.59. The van der Waals surface area contributed by atoms with E-state index >= 15 is 0 Å². The second-order valence-corrected chi connectivity index (χ2v) is 5.59. The van der Waals surface area contributed by atoms with Gasteiger partial charge in [0.25, 0.3) is 0 Å². The lowest BCUT2D eigenvalue weighted by molar-refractivity contribution is 0.349. The number of alkyl halides is 1. The van der Waals surface area contributed by atoms with Gasteiger partial charge in [0.2, 0.25) is 0 Å². The Morgan fingerprint density at radius 1 is 0.895 bits per heavy atom. The highest BCUT2D eigenvalue weighted by Gasteiger charge is 2.20. The summed E-state index contributed by atoms with van der Waals surface area (Å²) in [7, 11) is 0. The second kappa shape index (κ2) is 5.16. The van der Waals surface area contributed by atoms with Crippen LogP contribution in [0.5, 0.6) is 0 Å². The lowest BCUT2D eigenvalue weighted by Crippen LogP contribution is -1.95. The van der Waals surface area contributed by atoms with Crippen LogP contribution in [0.25, 0.3) is 0 Å². The van der Waals surface area contributed by atoms with Gasteiger partial charge in [0.1, 0.15) is 6.17 Å². The molecule has 0 bridgehead atoms. The molecule has 19 heavy (non-hydrogen) atoms. The molecule has 2 aromatic rings. The Labute approximate surface area is 114 Å². The zero-order valence-electron chi connectivity index (χ0n) is 11.3. The Bertz CT molecular complexity index is 569. The molecule has 0 saturated heterocycles. The number of benzene rings is 2. The van der Waals surface area contributed by atoms with Crippen molar-refractivity contribution in [2.75, 3.05) is 0 Å². The van der Waals surface area contributed by atoms with Crippen molar-refractivity contribution in [3.05, 3.63) is 70.3 Å². The summed E-state index contributed by atoms with van der Waals surface area (Å²) in [5, 5.41) is 0. The Balaban J connectivity index is 1.68. The molecule has 0 spiro atoms. The molecule has 1 aliphatic carbocycles. The van der Waals surface area contributed by atoms with Crippen LogP contribution in [-0.2, 0) is 25.7 Å². The van der Waals surface area contributed by atoms with Crippen LogP contribution in [0.15, 0.2) is 42.5 Å². The Morgan fingerprint density at radius 3 is 2.32 bits per heavy atom. The fourth-order valence-electron chi connectivity index (χ4n) is 2.82. The van der Waals surface area contributed by atoms with Crippen LogP contribution in [0.3, 0.4) is 0 Å². The molecule has 1 heteroatoms. The zero-order chi connectivity index (χ0) is 13.2. The molecule has 98 valence electrons. The van der Waals surface area contributed by atoms with Crippen LogP contribution in [0.4, 0.5) is 4.39 Å². The van der Waals surface area contributed by atoms with Gasteiger partial charge in [0.15, 0.2) is 0 Å². The van der Waals surface area contributed by atoms with E-state index in [-0.39, 0.29) is 0 Å². The molecule has 0 fully saturated rings. The molecule has 0 nitrogen and oxygen atoms in total. The standard InChI is InChI=1S/C18H19F/c1-13-2-4-14(5-3-13)6-7-15-8-9-16-11-18(19)12-17(16)10-15/h2-5,8-10,18H,6-7,11-12H2,1H3. The van der Waals surface area contributed by atoms with Gasteiger partial charge >= 0.3 is 0 Å². The number of hydrogen-bond acceptors (Lipinski definition) is 0. The van der Waals surface area contributed by atoms with E-state index in [1.165, 1.54) is 27.8 Å². The summed E-state index contributed by atoms with van der Waals surface area (Å²) in [6.45, 7) is 2.11. The zero-order valence-corrected chi connectivity index (χ0v) is 11.3. The minimum Gasteiger partial charge on any atom is -0.247 e. The van der Waals surface area contributed by atoms with Crippen molar-refractivity contribution in [1.29, 1.82) is 0 Å². The first-order valence-corrected chi connectivity index (χ1v) is 7.01. The van der Waals surface area contributed by atoms with Gasteiger partial charge < -0.3 is 0 Å². The fraction of sp³-hybridized carbons (Fsp3) is 0.333. The van der Waals surface area contributed by atoms with Crippen LogP contribution in [0.2, 0.25) is 0 Å². The summed E-state index contributed by atoms with van der Waals surface area (Å²) in [6.07, 6.45) is 2.63. The van der Waals surface area contributed by atoms with Crippen molar-refractivity contribution in [2.45, 2.75) is 38.8 Å². The average molecular weight is 254 g/mol. The normalized spacial score (nSPS) is 17.5. The molecule has 0 saturated carbocycles. The Hall–Kier alpha value is -1.63. The summed E-state index contributed by atoms with van der Waals surface area (Å²) in [6, 6.07) is 15.2. The van der Waals surface area contributed by atoms with E-state index in [1.807, 2.05) is 0 Å². The smallest absolute Gasteiger partial charge is 0.108 e. The quantitative estimate of drug-likeness (QED) is 0.769. The fourth-order valence-corrected chi connectivity index (χ4v) is 2.82. The molecule has 3 rings (SSSR count). The number of fused-ring (bicyclic) bond motifs is 1. The number of halogens is 1. The van der Waals surface area contributed by atoms with Crippen molar-refractivity contribution in [2.24, 2.45) is 0 Å². The number of aryl methyl sites for hydroxylation is 3. The Morgan fingerprint density at radius 2 is 1.53 bits per heavy atom. The predicted octanol–water partition coefficient (Wildman–Crippen LogP) is 4.22.